The van der Waals surface area contributed by atoms with E-state index in [1.54, 1.807) is 7.11 Å². The van der Waals surface area contributed by atoms with Gasteiger partial charge in [0.25, 0.3) is 0 Å². The Kier molecular flexibility index (Phi) is 3.85. The van der Waals surface area contributed by atoms with E-state index in [0.717, 1.165) is 29.0 Å². The Morgan fingerprint density at radius 2 is 2.14 bits per heavy atom. The van der Waals surface area contributed by atoms with Gasteiger partial charge in [-0.15, -0.1) is 0 Å². The van der Waals surface area contributed by atoms with E-state index in [9.17, 15) is 9.90 Å². The molecule has 1 N–H and O–H groups in total. The topological polar surface area (TPSA) is 65.9 Å². The van der Waals surface area contributed by atoms with Gasteiger partial charge in [0.15, 0.2) is 0 Å². The molecule has 3 rings (SSSR count). The molecule has 116 valence electrons. The van der Waals surface area contributed by atoms with Crippen LogP contribution in [0.15, 0.2) is 30.3 Å². The second-order valence-corrected chi connectivity index (χ2v) is 5.48. The fraction of sp³-hybridized carbons (Fsp3) is 0.375. The Morgan fingerprint density at radius 3 is 2.86 bits per heavy atom. The molecular formula is C16H19N3O3. The summed E-state index contributed by atoms with van der Waals surface area (Å²) >= 11 is 0. The van der Waals surface area contributed by atoms with E-state index in [2.05, 4.69) is 4.98 Å². The highest BCUT2D eigenvalue weighted by Gasteiger charge is 2.30. The number of anilines is 1. The number of likely N-dealkylation sites (N-methyl/N-ethyl adjacent to an activating group) is 1. The molecule has 6 nitrogen and oxygen atoms in total. The molecule has 1 saturated heterocycles. The highest BCUT2D eigenvalue weighted by molar-refractivity contribution is 5.86. The Labute approximate surface area is 128 Å². The molecule has 1 unspecified atom stereocenters. The van der Waals surface area contributed by atoms with Crippen molar-refractivity contribution in [2.75, 3.05) is 38.7 Å². The number of carboxylic acids is 1. The first kappa shape index (κ1) is 14.6. The summed E-state index contributed by atoms with van der Waals surface area (Å²) in [5.74, 6) is 0.713. The lowest BCUT2D eigenvalue weighted by Crippen LogP contribution is -2.55. The maximum Gasteiger partial charge on any atom is 0.322 e. The third-order valence-electron chi connectivity index (χ3n) is 4.15. The van der Waals surface area contributed by atoms with Gasteiger partial charge in [-0.05, 0) is 25.2 Å². The first-order valence-electron chi connectivity index (χ1n) is 7.22. The number of nitrogens with zero attached hydrogens (tertiary/aromatic N) is 3. The van der Waals surface area contributed by atoms with Gasteiger partial charge in [0.1, 0.15) is 23.1 Å². The number of hydrogen-bond acceptors (Lipinski definition) is 5. The van der Waals surface area contributed by atoms with Gasteiger partial charge < -0.3 is 14.7 Å². The number of pyridine rings is 1. The molecule has 0 saturated carbocycles. The average Bonchev–Trinajstić information content (AvgIpc) is 2.54. The number of carbonyl (C=O) groups is 1. The zero-order valence-electron chi connectivity index (χ0n) is 12.7. The number of carboxylic acid groups (broad SMARTS) is 1. The van der Waals surface area contributed by atoms with Crippen LogP contribution in [0.5, 0.6) is 5.75 Å². The molecular weight excluding hydrogens is 282 g/mol. The van der Waals surface area contributed by atoms with Crippen molar-refractivity contribution in [1.82, 2.24) is 9.88 Å². The van der Waals surface area contributed by atoms with Crippen molar-refractivity contribution >= 4 is 22.7 Å². The molecule has 1 aromatic carbocycles. The van der Waals surface area contributed by atoms with Crippen LogP contribution in [-0.4, -0.2) is 60.8 Å². The summed E-state index contributed by atoms with van der Waals surface area (Å²) in [6.45, 7) is 1.88. The van der Waals surface area contributed by atoms with E-state index >= 15 is 0 Å². The second-order valence-electron chi connectivity index (χ2n) is 5.48. The fourth-order valence-electron chi connectivity index (χ4n) is 2.80. The van der Waals surface area contributed by atoms with Gasteiger partial charge in [0.05, 0.1) is 7.11 Å². The van der Waals surface area contributed by atoms with E-state index in [1.807, 2.05) is 47.2 Å². The van der Waals surface area contributed by atoms with Crippen LogP contribution in [0.2, 0.25) is 0 Å². The largest absolute Gasteiger partial charge is 0.494 e. The number of ether oxygens (including phenoxy) is 1. The summed E-state index contributed by atoms with van der Waals surface area (Å²) in [5.41, 5.74) is 0.799. The van der Waals surface area contributed by atoms with Crippen molar-refractivity contribution < 1.29 is 14.6 Å². The molecule has 22 heavy (non-hydrogen) atoms. The monoisotopic (exact) mass is 301 g/mol. The number of hydrogen-bond donors (Lipinski definition) is 1. The van der Waals surface area contributed by atoms with E-state index in [0.29, 0.717) is 13.1 Å². The highest BCUT2D eigenvalue weighted by atomic mass is 16.5. The first-order chi connectivity index (χ1) is 10.6. The van der Waals surface area contributed by atoms with Gasteiger partial charge in [0, 0.05) is 25.0 Å². The van der Waals surface area contributed by atoms with Gasteiger partial charge in [-0.3, -0.25) is 9.69 Å². The number of aromatic nitrogens is 1. The summed E-state index contributed by atoms with van der Waals surface area (Å²) in [7, 11) is 3.46. The first-order valence-corrected chi connectivity index (χ1v) is 7.22. The third-order valence-corrected chi connectivity index (χ3v) is 4.15. The predicted molar refractivity (Wildman–Crippen MR) is 84.6 cm³/mol. The molecule has 2 aromatic rings. The van der Waals surface area contributed by atoms with Crippen LogP contribution in [-0.2, 0) is 4.79 Å². The summed E-state index contributed by atoms with van der Waals surface area (Å²) in [5, 5.41) is 10.3. The molecule has 0 radical (unpaired) electrons. The number of aliphatic carboxylic acids is 1. The maximum atomic E-state index is 11.3. The maximum absolute atomic E-state index is 11.3. The minimum atomic E-state index is -0.800. The van der Waals surface area contributed by atoms with Crippen LogP contribution in [0.25, 0.3) is 10.9 Å². The van der Waals surface area contributed by atoms with Crippen molar-refractivity contribution in [3.63, 3.8) is 0 Å². The van der Waals surface area contributed by atoms with Gasteiger partial charge in [-0.25, -0.2) is 4.98 Å². The summed E-state index contributed by atoms with van der Waals surface area (Å²) in [6.07, 6.45) is 0. The number of methoxy groups -OCH3 is 1. The van der Waals surface area contributed by atoms with Crippen LogP contribution in [0.4, 0.5) is 5.82 Å². The zero-order chi connectivity index (χ0) is 15.7. The normalized spacial score (nSPS) is 19.4. The van der Waals surface area contributed by atoms with Crippen molar-refractivity contribution in [1.29, 1.82) is 0 Å². The van der Waals surface area contributed by atoms with Crippen molar-refractivity contribution in [3.8, 4) is 5.75 Å². The van der Waals surface area contributed by atoms with Crippen LogP contribution >= 0.6 is 0 Å². The molecule has 0 spiro atoms. The van der Waals surface area contributed by atoms with E-state index in [-0.39, 0.29) is 0 Å². The Hall–Kier alpha value is -2.34. The van der Waals surface area contributed by atoms with Crippen molar-refractivity contribution in [2.45, 2.75) is 6.04 Å². The molecule has 1 fully saturated rings. The van der Waals surface area contributed by atoms with E-state index in [1.165, 1.54) is 0 Å². The van der Waals surface area contributed by atoms with E-state index in [4.69, 9.17) is 4.74 Å². The number of rotatable bonds is 3. The quantitative estimate of drug-likeness (QED) is 0.925. The van der Waals surface area contributed by atoms with Crippen LogP contribution in [0.1, 0.15) is 0 Å². The van der Waals surface area contributed by atoms with Gasteiger partial charge in [0.2, 0.25) is 0 Å². The molecule has 6 heteroatoms. The second kappa shape index (κ2) is 5.81. The molecule has 1 aliphatic heterocycles. The van der Waals surface area contributed by atoms with Crippen molar-refractivity contribution in [3.05, 3.63) is 30.3 Å². The third kappa shape index (κ3) is 2.57. The van der Waals surface area contributed by atoms with Crippen LogP contribution < -0.4 is 9.64 Å². The molecule has 1 aliphatic rings. The standard InChI is InChI=1S/C16H19N3O3/c1-18-8-9-19(10-12(18)16(20)21)14-7-6-11-4-3-5-13(22-2)15(11)17-14/h3-7,12H,8-10H2,1-2H3,(H,20,21). The summed E-state index contributed by atoms with van der Waals surface area (Å²) < 4.78 is 5.36. The fourth-order valence-corrected chi connectivity index (χ4v) is 2.80. The predicted octanol–water partition coefficient (Wildman–Crippen LogP) is 1.45. The van der Waals surface area contributed by atoms with Crippen molar-refractivity contribution in [2.24, 2.45) is 0 Å². The number of para-hydroxylation sites is 1. The molecule has 0 aliphatic carbocycles. The van der Waals surface area contributed by atoms with Crippen LogP contribution in [0.3, 0.4) is 0 Å². The smallest absolute Gasteiger partial charge is 0.322 e. The lowest BCUT2D eigenvalue weighted by molar-refractivity contribution is -0.142. The molecule has 0 bridgehead atoms. The summed E-state index contributed by atoms with van der Waals surface area (Å²) in [4.78, 5) is 19.9. The molecule has 0 amide bonds. The minimum Gasteiger partial charge on any atom is -0.494 e. The minimum absolute atomic E-state index is 0.430. The lowest BCUT2D eigenvalue weighted by atomic mass is 10.1. The average molecular weight is 301 g/mol. The molecule has 1 atom stereocenters. The number of benzene rings is 1. The van der Waals surface area contributed by atoms with Gasteiger partial charge in [-0.1, -0.05) is 12.1 Å². The Balaban J connectivity index is 1.94. The summed E-state index contributed by atoms with van der Waals surface area (Å²) in [6, 6.07) is 9.21. The highest BCUT2D eigenvalue weighted by Crippen LogP contribution is 2.27. The van der Waals surface area contributed by atoms with E-state index < -0.39 is 12.0 Å². The SMILES string of the molecule is COc1cccc2ccc(N3CCN(C)C(C(=O)O)C3)nc12. The number of piperazine rings is 1. The van der Waals surface area contributed by atoms with Gasteiger partial charge in [-0.2, -0.15) is 0 Å². The van der Waals surface area contributed by atoms with Gasteiger partial charge >= 0.3 is 5.97 Å². The lowest BCUT2D eigenvalue weighted by Gasteiger charge is -2.37. The number of fused-ring (bicyclic) bond motifs is 1. The Bertz CT molecular complexity index is 704. The zero-order valence-corrected chi connectivity index (χ0v) is 12.7. The Morgan fingerprint density at radius 1 is 1.32 bits per heavy atom. The van der Waals surface area contributed by atoms with Crippen LogP contribution in [0, 0.1) is 0 Å². The molecule has 2 heterocycles. The molecule has 1 aromatic heterocycles.